The lowest BCUT2D eigenvalue weighted by Crippen LogP contribution is -2.23. The van der Waals surface area contributed by atoms with E-state index in [1.54, 1.807) is 13.8 Å². The lowest BCUT2D eigenvalue weighted by atomic mass is 10.3. The third kappa shape index (κ3) is 15.8. The fourth-order valence-electron chi connectivity index (χ4n) is 0.410. The summed E-state index contributed by atoms with van der Waals surface area (Å²) in [5.41, 5.74) is 21.3. The van der Waals surface area contributed by atoms with Gasteiger partial charge in [0.15, 0.2) is 0 Å². The second-order valence-electron chi connectivity index (χ2n) is 2.94. The number of rotatable bonds is 3. The molecule has 0 aliphatic rings. The number of nitrogens with two attached hydrogens (primary N) is 4. The summed E-state index contributed by atoms with van der Waals surface area (Å²) in [7, 11) is 0. The van der Waals surface area contributed by atoms with Crippen molar-refractivity contribution in [3.8, 4) is 0 Å². The van der Waals surface area contributed by atoms with Crippen LogP contribution in [0, 0.1) is 0 Å². The standard InChI is InChI=1S/C6H14N8.C2H4O2/c1-3(11-13-5(7)8)4(2)12-14-6(9)10;1-2(3)4/h1-2H3,(H4,7,8,13)(H4,9,10,14);1H3,(H,3,4)/b11-3+,12-4+;. The molecule has 0 fully saturated rings. The van der Waals surface area contributed by atoms with E-state index in [1.165, 1.54) is 0 Å². The minimum Gasteiger partial charge on any atom is -0.481 e. The molecule has 0 amide bonds. The van der Waals surface area contributed by atoms with Gasteiger partial charge in [0.2, 0.25) is 11.9 Å². The van der Waals surface area contributed by atoms with Gasteiger partial charge in [-0.1, -0.05) is 0 Å². The maximum Gasteiger partial charge on any atom is 0.300 e. The summed E-state index contributed by atoms with van der Waals surface area (Å²) >= 11 is 0. The van der Waals surface area contributed by atoms with Gasteiger partial charge in [0, 0.05) is 6.92 Å². The van der Waals surface area contributed by atoms with Crippen LogP contribution in [0.25, 0.3) is 0 Å². The molecule has 10 heteroatoms. The van der Waals surface area contributed by atoms with Crippen LogP contribution in [0.5, 0.6) is 0 Å². The molecule has 0 radical (unpaired) electrons. The molecule has 0 aliphatic heterocycles. The average molecular weight is 258 g/mol. The van der Waals surface area contributed by atoms with E-state index in [-0.39, 0.29) is 11.9 Å². The molecule has 18 heavy (non-hydrogen) atoms. The van der Waals surface area contributed by atoms with Crippen LogP contribution in [-0.4, -0.2) is 34.4 Å². The van der Waals surface area contributed by atoms with E-state index >= 15 is 0 Å². The molecule has 0 unspecified atom stereocenters. The topological polar surface area (TPSA) is 191 Å². The fourth-order valence-corrected chi connectivity index (χ4v) is 0.410. The van der Waals surface area contributed by atoms with Gasteiger partial charge < -0.3 is 28.0 Å². The minimum absolute atomic E-state index is 0.126. The molecule has 0 aromatic carbocycles. The lowest BCUT2D eigenvalue weighted by molar-refractivity contribution is -0.134. The molecule has 10 nitrogen and oxygen atoms in total. The van der Waals surface area contributed by atoms with E-state index in [0.717, 1.165) is 6.92 Å². The first-order chi connectivity index (χ1) is 8.16. The van der Waals surface area contributed by atoms with Gasteiger partial charge in [-0.15, -0.1) is 10.2 Å². The molecule has 0 aromatic heterocycles. The van der Waals surface area contributed by atoms with Crippen LogP contribution in [-0.2, 0) is 4.79 Å². The van der Waals surface area contributed by atoms with Crippen LogP contribution < -0.4 is 22.9 Å². The van der Waals surface area contributed by atoms with Crippen molar-refractivity contribution >= 4 is 29.3 Å². The van der Waals surface area contributed by atoms with Crippen LogP contribution >= 0.6 is 0 Å². The minimum atomic E-state index is -0.833. The summed E-state index contributed by atoms with van der Waals surface area (Å²) in [6.07, 6.45) is 0. The summed E-state index contributed by atoms with van der Waals surface area (Å²) in [5.74, 6) is -1.09. The van der Waals surface area contributed by atoms with Crippen molar-refractivity contribution in [2.75, 3.05) is 0 Å². The Morgan fingerprint density at radius 1 is 0.778 bits per heavy atom. The Morgan fingerprint density at radius 2 is 1.00 bits per heavy atom. The highest BCUT2D eigenvalue weighted by Crippen LogP contribution is 1.86. The largest absolute Gasteiger partial charge is 0.481 e. The van der Waals surface area contributed by atoms with Gasteiger partial charge in [-0.25, -0.2) is 0 Å². The Morgan fingerprint density at radius 3 is 1.17 bits per heavy atom. The average Bonchev–Trinajstić information content (AvgIpc) is 2.21. The zero-order valence-electron chi connectivity index (χ0n) is 10.5. The first kappa shape index (κ1) is 17.7. The number of hydrogen-bond acceptors (Lipinski definition) is 5. The molecule has 0 spiro atoms. The van der Waals surface area contributed by atoms with Crippen molar-refractivity contribution in [2.45, 2.75) is 20.8 Å². The highest BCUT2D eigenvalue weighted by Gasteiger charge is 1.95. The van der Waals surface area contributed by atoms with Crippen LogP contribution in [0.2, 0.25) is 0 Å². The molecule has 0 saturated carbocycles. The third-order valence-electron chi connectivity index (χ3n) is 1.15. The van der Waals surface area contributed by atoms with Gasteiger partial charge in [-0.2, -0.15) is 10.2 Å². The van der Waals surface area contributed by atoms with Crippen LogP contribution in [0.3, 0.4) is 0 Å². The third-order valence-corrected chi connectivity index (χ3v) is 1.15. The Hall–Kier alpha value is -2.65. The Labute approximate surface area is 104 Å². The molecule has 0 aliphatic carbocycles. The number of nitrogens with zero attached hydrogens (tertiary/aromatic N) is 4. The Kier molecular flexibility index (Phi) is 9.43. The quantitative estimate of drug-likeness (QED) is 0.229. The van der Waals surface area contributed by atoms with Crippen molar-refractivity contribution in [2.24, 2.45) is 43.3 Å². The number of aliphatic carboxylic acids is 1. The molecule has 9 N–H and O–H groups in total. The normalized spacial score (nSPS) is 10.8. The SMILES string of the molecule is CC(=N\N=C(N)N)/C(C)=N/N=C(N)N.CC(=O)O. The summed E-state index contributed by atoms with van der Waals surface area (Å²) < 4.78 is 0. The molecule has 0 aromatic rings. The summed E-state index contributed by atoms with van der Waals surface area (Å²) in [4.78, 5) is 9.00. The number of carboxylic acids is 1. The molecule has 0 saturated heterocycles. The highest BCUT2D eigenvalue weighted by atomic mass is 16.4. The van der Waals surface area contributed by atoms with E-state index < -0.39 is 5.97 Å². The van der Waals surface area contributed by atoms with E-state index in [0.29, 0.717) is 11.4 Å². The van der Waals surface area contributed by atoms with Gasteiger partial charge in [0.25, 0.3) is 5.97 Å². The van der Waals surface area contributed by atoms with Crippen molar-refractivity contribution in [3.63, 3.8) is 0 Å². The first-order valence-electron chi connectivity index (χ1n) is 4.63. The van der Waals surface area contributed by atoms with Crippen molar-refractivity contribution in [1.29, 1.82) is 0 Å². The molecule has 0 heterocycles. The summed E-state index contributed by atoms with van der Waals surface area (Å²) in [6.45, 7) is 4.43. The smallest absolute Gasteiger partial charge is 0.300 e. The van der Waals surface area contributed by atoms with Crippen molar-refractivity contribution < 1.29 is 9.90 Å². The Balaban J connectivity index is 0. The Bertz CT molecular complexity index is 352. The fraction of sp³-hybridized carbons (Fsp3) is 0.375. The van der Waals surface area contributed by atoms with Gasteiger partial charge in [-0.3, -0.25) is 4.79 Å². The zero-order valence-corrected chi connectivity index (χ0v) is 10.5. The van der Waals surface area contributed by atoms with Gasteiger partial charge in [0.1, 0.15) is 0 Å². The second kappa shape index (κ2) is 9.57. The van der Waals surface area contributed by atoms with E-state index in [1.807, 2.05) is 0 Å². The van der Waals surface area contributed by atoms with Crippen LogP contribution in [0.4, 0.5) is 0 Å². The predicted molar refractivity (Wildman–Crippen MR) is 71.1 cm³/mol. The van der Waals surface area contributed by atoms with E-state index in [4.69, 9.17) is 32.8 Å². The van der Waals surface area contributed by atoms with Crippen molar-refractivity contribution in [1.82, 2.24) is 0 Å². The van der Waals surface area contributed by atoms with Crippen LogP contribution in [0.15, 0.2) is 20.4 Å². The first-order valence-corrected chi connectivity index (χ1v) is 4.63. The van der Waals surface area contributed by atoms with Gasteiger partial charge in [-0.05, 0) is 13.8 Å². The van der Waals surface area contributed by atoms with Gasteiger partial charge >= 0.3 is 0 Å². The highest BCUT2D eigenvalue weighted by molar-refractivity contribution is 6.40. The van der Waals surface area contributed by atoms with E-state index in [2.05, 4.69) is 20.4 Å². The summed E-state index contributed by atoms with van der Waals surface area (Å²) in [5, 5.41) is 21.6. The number of carbonyl (C=O) groups is 1. The number of hydrogen-bond donors (Lipinski definition) is 5. The molecule has 0 bridgehead atoms. The number of guanidine groups is 2. The maximum atomic E-state index is 9.00. The van der Waals surface area contributed by atoms with Gasteiger partial charge in [0.05, 0.1) is 11.4 Å². The maximum absolute atomic E-state index is 9.00. The lowest BCUT2D eigenvalue weighted by Gasteiger charge is -1.94. The monoisotopic (exact) mass is 258 g/mol. The molecule has 102 valence electrons. The van der Waals surface area contributed by atoms with Crippen LogP contribution in [0.1, 0.15) is 20.8 Å². The van der Waals surface area contributed by atoms with Crippen molar-refractivity contribution in [3.05, 3.63) is 0 Å². The molecular weight excluding hydrogens is 240 g/mol. The molecule has 0 rings (SSSR count). The number of carboxylic acid groups (broad SMARTS) is 1. The second-order valence-corrected chi connectivity index (χ2v) is 2.94. The molecule has 0 atom stereocenters. The predicted octanol–water partition coefficient (Wildman–Crippen LogP) is -1.62. The zero-order chi connectivity index (χ0) is 14.7. The summed E-state index contributed by atoms with van der Waals surface area (Å²) in [6, 6.07) is 0. The van der Waals surface area contributed by atoms with E-state index in [9.17, 15) is 0 Å². The molecular formula is C8H18N8O2.